The Balaban J connectivity index is 2.07. The average molecular weight is 411 g/mol. The van der Waals surface area contributed by atoms with Crippen LogP contribution < -0.4 is 10.3 Å². The monoisotopic (exact) mass is 410 g/mol. The number of hydrogen-bond donors (Lipinski definition) is 2. The molecule has 3 rings (SSSR count). The number of rotatable bonds is 8. The van der Waals surface area contributed by atoms with Crippen molar-refractivity contribution >= 4 is 11.0 Å². The van der Waals surface area contributed by atoms with Gasteiger partial charge in [0.1, 0.15) is 16.7 Å². The number of hydrogen-bond acceptors (Lipinski definition) is 5. The van der Waals surface area contributed by atoms with E-state index >= 15 is 0 Å². The van der Waals surface area contributed by atoms with E-state index in [9.17, 15) is 5.11 Å². The third-order valence-electron chi connectivity index (χ3n) is 5.13. The van der Waals surface area contributed by atoms with Crippen LogP contribution in [0, 0.1) is 5.41 Å². The Morgan fingerprint density at radius 2 is 1.67 bits per heavy atom. The van der Waals surface area contributed by atoms with Gasteiger partial charge in [0.15, 0.2) is 11.5 Å². The number of unbranched alkanes of at least 4 members (excludes halogenated alkanes) is 1. The van der Waals surface area contributed by atoms with Crippen LogP contribution in [0.25, 0.3) is 16.7 Å². The van der Waals surface area contributed by atoms with Gasteiger partial charge in [-0.1, -0.05) is 60.1 Å². The lowest BCUT2D eigenvalue weighted by atomic mass is 9.72. The van der Waals surface area contributed by atoms with Crippen LogP contribution >= 0.6 is 0 Å². The number of fused-ring (bicyclic) bond motifs is 1. The third-order valence-corrected chi connectivity index (χ3v) is 5.13. The largest absolute Gasteiger partial charge is 0.503 e. The Hall–Kier alpha value is -2.60. The van der Waals surface area contributed by atoms with Gasteiger partial charge in [0.05, 0.1) is 0 Å². The van der Waals surface area contributed by atoms with Crippen molar-refractivity contribution in [2.24, 2.45) is 5.41 Å². The van der Waals surface area contributed by atoms with Crippen molar-refractivity contribution < 1.29 is 9.94 Å². The summed E-state index contributed by atoms with van der Waals surface area (Å²) in [6.07, 6.45) is 3.03. The zero-order valence-electron chi connectivity index (χ0n) is 19.0. The van der Waals surface area contributed by atoms with Gasteiger partial charge in [-0.05, 0) is 53.5 Å². The summed E-state index contributed by atoms with van der Waals surface area (Å²) in [5, 5.41) is 20.1. The van der Waals surface area contributed by atoms with Gasteiger partial charge in [0, 0.05) is 6.54 Å². The summed E-state index contributed by atoms with van der Waals surface area (Å²) in [5.74, 6) is 0.413. The molecule has 0 unspecified atom stereocenters. The molecule has 0 saturated carbocycles. The molecule has 30 heavy (non-hydrogen) atoms. The number of aromatic nitrogens is 3. The summed E-state index contributed by atoms with van der Waals surface area (Å²) in [6.45, 7) is 14.0. The molecule has 0 radical (unpaired) electrons. The second-order valence-corrected chi connectivity index (χ2v) is 9.79. The predicted molar refractivity (Wildman–Crippen MR) is 121 cm³/mol. The highest BCUT2D eigenvalue weighted by Crippen LogP contribution is 2.42. The Kier molecular flexibility index (Phi) is 6.36. The smallest absolute Gasteiger partial charge is 0.191 e. The summed E-state index contributed by atoms with van der Waals surface area (Å²) < 4.78 is 0. The van der Waals surface area contributed by atoms with E-state index in [-0.39, 0.29) is 16.6 Å². The Morgan fingerprint density at radius 1 is 1.03 bits per heavy atom. The predicted octanol–water partition coefficient (Wildman–Crippen LogP) is 5.52. The molecule has 162 valence electrons. The van der Waals surface area contributed by atoms with Crippen LogP contribution in [-0.2, 0) is 5.41 Å². The molecule has 2 N–H and O–H groups in total. The summed E-state index contributed by atoms with van der Waals surface area (Å²) in [6, 6.07) is 11.6. The zero-order chi connectivity index (χ0) is 21.9. The summed E-state index contributed by atoms with van der Waals surface area (Å²) >= 11 is 0. The molecule has 0 spiro atoms. The standard InChI is InChI=1S/C24H34N4O2/c1-7-8-13-25-30-21-15-17(24(5,6)16-23(2,3)4)14-20(22(21)29)28-26-18-11-9-10-12-19(18)27-28/h9-12,14-15,25,29H,7-8,13,16H2,1-6H3. The molecular formula is C24H34N4O2. The Bertz CT molecular complexity index is 969. The molecular weight excluding hydrogens is 376 g/mol. The van der Waals surface area contributed by atoms with Crippen molar-refractivity contribution in [3.63, 3.8) is 0 Å². The van der Waals surface area contributed by atoms with Gasteiger partial charge in [0.25, 0.3) is 0 Å². The van der Waals surface area contributed by atoms with Crippen LogP contribution in [-0.4, -0.2) is 26.6 Å². The van der Waals surface area contributed by atoms with Crippen molar-refractivity contribution in [2.45, 2.75) is 66.2 Å². The molecule has 0 aliphatic rings. The second kappa shape index (κ2) is 8.64. The van der Waals surface area contributed by atoms with Crippen molar-refractivity contribution in [3.05, 3.63) is 42.0 Å². The highest BCUT2D eigenvalue weighted by Gasteiger charge is 2.30. The number of aromatic hydroxyl groups is 1. The number of nitrogens with zero attached hydrogens (tertiary/aromatic N) is 3. The van der Waals surface area contributed by atoms with E-state index in [2.05, 4.69) is 57.2 Å². The second-order valence-electron chi connectivity index (χ2n) is 9.79. The molecule has 6 heteroatoms. The number of nitrogens with one attached hydrogen (secondary N) is 1. The number of phenolic OH excluding ortho intramolecular Hbond substituents is 1. The summed E-state index contributed by atoms with van der Waals surface area (Å²) in [5.41, 5.74) is 6.12. The summed E-state index contributed by atoms with van der Waals surface area (Å²) in [4.78, 5) is 7.27. The van der Waals surface area contributed by atoms with Gasteiger partial charge in [-0.25, -0.2) is 0 Å². The lowest BCUT2D eigenvalue weighted by Gasteiger charge is -2.33. The van der Waals surface area contributed by atoms with E-state index in [0.29, 0.717) is 18.0 Å². The lowest BCUT2D eigenvalue weighted by Crippen LogP contribution is -2.26. The quantitative estimate of drug-likeness (QED) is 0.378. The first-order valence-electron chi connectivity index (χ1n) is 10.7. The van der Waals surface area contributed by atoms with Gasteiger partial charge in [-0.15, -0.1) is 15.0 Å². The molecule has 0 atom stereocenters. The van der Waals surface area contributed by atoms with Crippen LogP contribution in [0.2, 0.25) is 0 Å². The van der Waals surface area contributed by atoms with Crippen molar-refractivity contribution in [1.29, 1.82) is 0 Å². The molecule has 3 aromatic rings. The van der Waals surface area contributed by atoms with Crippen LogP contribution in [0.1, 0.15) is 66.4 Å². The van der Waals surface area contributed by atoms with Crippen LogP contribution in [0.4, 0.5) is 0 Å². The number of benzene rings is 2. The van der Waals surface area contributed by atoms with Crippen molar-refractivity contribution in [1.82, 2.24) is 20.5 Å². The fourth-order valence-electron chi connectivity index (χ4n) is 3.99. The van der Waals surface area contributed by atoms with Gasteiger partial charge in [-0.2, -0.15) is 5.48 Å². The average Bonchev–Trinajstić information content (AvgIpc) is 3.08. The molecule has 0 aliphatic carbocycles. The molecule has 0 fully saturated rings. The first kappa shape index (κ1) is 22.1. The van der Waals surface area contributed by atoms with Crippen LogP contribution in [0.5, 0.6) is 11.5 Å². The molecule has 1 aromatic heterocycles. The number of hydroxylamine groups is 1. The normalized spacial score (nSPS) is 12.5. The minimum Gasteiger partial charge on any atom is -0.503 e. The molecule has 0 amide bonds. The molecule has 0 bridgehead atoms. The van der Waals surface area contributed by atoms with Gasteiger partial charge >= 0.3 is 0 Å². The maximum absolute atomic E-state index is 11.0. The van der Waals surface area contributed by atoms with E-state index < -0.39 is 0 Å². The SMILES string of the molecule is CCCCNOc1cc(C(C)(C)CC(C)(C)C)cc(-n2nc3ccccc3n2)c1O. The fourth-order valence-corrected chi connectivity index (χ4v) is 3.99. The fraction of sp³-hybridized carbons (Fsp3) is 0.500. The lowest BCUT2D eigenvalue weighted by molar-refractivity contribution is 0.185. The minimum absolute atomic E-state index is 0.0228. The van der Waals surface area contributed by atoms with E-state index in [1.54, 1.807) is 0 Å². The van der Waals surface area contributed by atoms with E-state index in [4.69, 9.17) is 4.84 Å². The first-order valence-corrected chi connectivity index (χ1v) is 10.7. The van der Waals surface area contributed by atoms with E-state index in [0.717, 1.165) is 35.9 Å². The third kappa shape index (κ3) is 5.11. The van der Waals surface area contributed by atoms with Crippen molar-refractivity contribution in [2.75, 3.05) is 6.54 Å². The highest BCUT2D eigenvalue weighted by molar-refractivity contribution is 5.74. The van der Waals surface area contributed by atoms with Crippen LogP contribution in [0.3, 0.4) is 0 Å². The summed E-state index contributed by atoms with van der Waals surface area (Å²) in [7, 11) is 0. The van der Waals surface area contributed by atoms with Gasteiger partial charge < -0.3 is 9.94 Å². The molecule has 0 aliphatic heterocycles. The van der Waals surface area contributed by atoms with E-state index in [1.807, 2.05) is 36.4 Å². The van der Waals surface area contributed by atoms with Crippen LogP contribution in [0.15, 0.2) is 36.4 Å². The zero-order valence-corrected chi connectivity index (χ0v) is 19.0. The van der Waals surface area contributed by atoms with Crippen molar-refractivity contribution in [3.8, 4) is 17.2 Å². The molecule has 6 nitrogen and oxygen atoms in total. The Morgan fingerprint density at radius 3 is 2.23 bits per heavy atom. The van der Waals surface area contributed by atoms with Gasteiger partial charge in [0.2, 0.25) is 0 Å². The first-order chi connectivity index (χ1) is 14.1. The van der Waals surface area contributed by atoms with Gasteiger partial charge in [-0.3, -0.25) is 0 Å². The molecule has 1 heterocycles. The minimum atomic E-state index is -0.130. The molecule has 2 aromatic carbocycles. The maximum atomic E-state index is 11.0. The molecule has 0 saturated heterocycles. The Labute approximate surface area is 179 Å². The topological polar surface area (TPSA) is 72.2 Å². The maximum Gasteiger partial charge on any atom is 0.191 e. The van der Waals surface area contributed by atoms with E-state index in [1.165, 1.54) is 4.80 Å². The highest BCUT2D eigenvalue weighted by atomic mass is 16.6. The number of phenols is 1.